The third-order valence-electron chi connectivity index (χ3n) is 2.10. The molecule has 5 heteroatoms. The van der Waals surface area contributed by atoms with Crippen LogP contribution in [0.5, 0.6) is 0 Å². The van der Waals surface area contributed by atoms with E-state index in [2.05, 4.69) is 5.32 Å². The molecule has 1 aromatic rings. The van der Waals surface area contributed by atoms with Crippen molar-refractivity contribution in [3.8, 4) is 6.07 Å². The normalized spacial score (nSPS) is 9.44. The summed E-state index contributed by atoms with van der Waals surface area (Å²) in [5.74, 6) is -0.304. The minimum Gasteiger partial charge on any atom is -0.398 e. The Morgan fingerprint density at radius 2 is 2.25 bits per heavy atom. The Kier molecular flexibility index (Phi) is 4.16. The van der Waals surface area contributed by atoms with Crippen molar-refractivity contribution in [1.29, 1.82) is 5.26 Å². The zero-order valence-electron chi connectivity index (χ0n) is 8.86. The molecule has 0 aliphatic rings. The molecule has 0 fully saturated rings. The van der Waals surface area contributed by atoms with E-state index in [4.69, 9.17) is 16.7 Å². The Balaban J connectivity index is 2.47. The van der Waals surface area contributed by atoms with E-state index in [1.165, 1.54) is 0 Å². The molecule has 0 heterocycles. The number of hydrogen-bond acceptors (Lipinski definition) is 4. The fourth-order valence-electron chi connectivity index (χ4n) is 1.27. The van der Waals surface area contributed by atoms with Gasteiger partial charge in [-0.05, 0) is 24.6 Å². The first-order valence-corrected chi connectivity index (χ1v) is 4.95. The van der Waals surface area contributed by atoms with Crippen LogP contribution in [0.4, 0.5) is 11.4 Å². The number of carbonyl (C=O) groups excluding carboxylic acids is 1. The molecule has 16 heavy (non-hydrogen) atoms. The highest BCUT2D eigenvalue weighted by molar-refractivity contribution is 5.73. The van der Waals surface area contributed by atoms with Gasteiger partial charge in [-0.25, -0.2) is 0 Å². The molecule has 0 aliphatic heterocycles. The van der Waals surface area contributed by atoms with Gasteiger partial charge in [-0.1, -0.05) is 0 Å². The summed E-state index contributed by atoms with van der Waals surface area (Å²) < 4.78 is 0. The second kappa shape index (κ2) is 5.61. The van der Waals surface area contributed by atoms with Gasteiger partial charge in [0.25, 0.3) is 0 Å². The molecular formula is C11H14N4O. The van der Waals surface area contributed by atoms with Gasteiger partial charge in [-0.15, -0.1) is 0 Å². The number of anilines is 2. The van der Waals surface area contributed by atoms with Crippen LogP contribution >= 0.6 is 0 Å². The first-order chi connectivity index (χ1) is 7.63. The van der Waals surface area contributed by atoms with Crippen molar-refractivity contribution in [3.05, 3.63) is 23.8 Å². The molecule has 1 rings (SSSR count). The molecule has 5 N–H and O–H groups in total. The van der Waals surface area contributed by atoms with E-state index in [-0.39, 0.29) is 5.91 Å². The van der Waals surface area contributed by atoms with Crippen molar-refractivity contribution >= 4 is 17.3 Å². The lowest BCUT2D eigenvalue weighted by Crippen LogP contribution is -2.12. The number of nitriles is 1. The van der Waals surface area contributed by atoms with Crippen molar-refractivity contribution in [2.45, 2.75) is 12.8 Å². The lowest BCUT2D eigenvalue weighted by Gasteiger charge is -2.06. The van der Waals surface area contributed by atoms with E-state index in [9.17, 15) is 4.79 Å². The van der Waals surface area contributed by atoms with Gasteiger partial charge in [0.15, 0.2) is 0 Å². The molecule has 1 aromatic carbocycles. The van der Waals surface area contributed by atoms with Crippen molar-refractivity contribution < 1.29 is 4.79 Å². The standard InChI is InChI=1S/C11H14N4O/c12-7-8-3-4-9(6-10(8)13)15-5-1-2-11(14)16/h3-4,6,15H,1-2,5,13H2,(H2,14,16). The van der Waals surface area contributed by atoms with Crippen LogP contribution in [0.15, 0.2) is 18.2 Å². The molecule has 0 aliphatic carbocycles. The topological polar surface area (TPSA) is 105 Å². The van der Waals surface area contributed by atoms with Crippen molar-refractivity contribution in [3.63, 3.8) is 0 Å². The molecule has 84 valence electrons. The second-order valence-corrected chi connectivity index (χ2v) is 3.41. The number of nitrogens with zero attached hydrogens (tertiary/aromatic N) is 1. The number of hydrogen-bond donors (Lipinski definition) is 3. The summed E-state index contributed by atoms with van der Waals surface area (Å²) in [6, 6.07) is 7.12. The Bertz CT molecular complexity index is 422. The molecule has 0 bridgehead atoms. The minimum absolute atomic E-state index is 0.304. The average Bonchev–Trinajstić information content (AvgIpc) is 2.24. The average molecular weight is 218 g/mol. The second-order valence-electron chi connectivity index (χ2n) is 3.41. The smallest absolute Gasteiger partial charge is 0.217 e. The van der Waals surface area contributed by atoms with Crippen LogP contribution in [0.25, 0.3) is 0 Å². The summed E-state index contributed by atoms with van der Waals surface area (Å²) in [6.07, 6.45) is 1.04. The van der Waals surface area contributed by atoms with Crippen LogP contribution < -0.4 is 16.8 Å². The molecule has 5 nitrogen and oxygen atoms in total. The van der Waals surface area contributed by atoms with Crippen molar-refractivity contribution in [2.75, 3.05) is 17.6 Å². The maximum Gasteiger partial charge on any atom is 0.217 e. The SMILES string of the molecule is N#Cc1ccc(NCCCC(N)=O)cc1N. The predicted molar refractivity (Wildman–Crippen MR) is 62.5 cm³/mol. The van der Waals surface area contributed by atoms with Gasteiger partial charge in [0.2, 0.25) is 5.91 Å². The summed E-state index contributed by atoms with van der Waals surface area (Å²) in [6.45, 7) is 0.647. The molecule has 0 saturated carbocycles. The molecule has 0 saturated heterocycles. The van der Waals surface area contributed by atoms with E-state index < -0.39 is 0 Å². The molecule has 0 atom stereocenters. The first-order valence-electron chi connectivity index (χ1n) is 4.95. The van der Waals surface area contributed by atoms with Crippen LogP contribution in [-0.4, -0.2) is 12.5 Å². The third kappa shape index (κ3) is 3.50. The van der Waals surface area contributed by atoms with E-state index >= 15 is 0 Å². The fourth-order valence-corrected chi connectivity index (χ4v) is 1.27. The van der Waals surface area contributed by atoms with Gasteiger partial charge in [-0.2, -0.15) is 5.26 Å². The van der Waals surface area contributed by atoms with Crippen LogP contribution in [0.3, 0.4) is 0 Å². The zero-order valence-corrected chi connectivity index (χ0v) is 8.86. The maximum absolute atomic E-state index is 10.5. The molecule has 0 spiro atoms. The molecule has 0 unspecified atom stereocenters. The highest BCUT2D eigenvalue weighted by Gasteiger charge is 1.99. The Hall–Kier alpha value is -2.22. The highest BCUT2D eigenvalue weighted by atomic mass is 16.1. The quantitative estimate of drug-likeness (QED) is 0.502. The van der Waals surface area contributed by atoms with E-state index in [0.717, 1.165) is 5.69 Å². The van der Waals surface area contributed by atoms with Crippen molar-refractivity contribution in [2.24, 2.45) is 5.73 Å². The predicted octanol–water partition coefficient (Wildman–Crippen LogP) is 0.818. The summed E-state index contributed by atoms with van der Waals surface area (Å²) in [5.41, 5.74) is 12.4. The van der Waals surface area contributed by atoms with Gasteiger partial charge in [-0.3, -0.25) is 4.79 Å². The lowest BCUT2D eigenvalue weighted by molar-refractivity contribution is -0.118. The number of rotatable bonds is 5. The van der Waals surface area contributed by atoms with Crippen LogP contribution in [0, 0.1) is 11.3 Å². The van der Waals surface area contributed by atoms with Crippen LogP contribution in [-0.2, 0) is 4.79 Å². The molecular weight excluding hydrogens is 204 g/mol. The molecule has 1 amide bonds. The Labute approximate surface area is 94.0 Å². The zero-order chi connectivity index (χ0) is 12.0. The third-order valence-corrected chi connectivity index (χ3v) is 2.10. The number of amides is 1. The van der Waals surface area contributed by atoms with E-state index in [1.807, 2.05) is 6.07 Å². The van der Waals surface area contributed by atoms with Crippen LogP contribution in [0.2, 0.25) is 0 Å². The van der Waals surface area contributed by atoms with Gasteiger partial charge in [0, 0.05) is 18.7 Å². The maximum atomic E-state index is 10.5. The fraction of sp³-hybridized carbons (Fsp3) is 0.273. The van der Waals surface area contributed by atoms with Gasteiger partial charge in [0.1, 0.15) is 6.07 Å². The number of nitrogen functional groups attached to an aromatic ring is 1. The highest BCUT2D eigenvalue weighted by Crippen LogP contribution is 2.16. The number of benzene rings is 1. The van der Waals surface area contributed by atoms with Crippen molar-refractivity contribution in [1.82, 2.24) is 0 Å². The minimum atomic E-state index is -0.304. The molecule has 0 radical (unpaired) electrons. The van der Waals surface area contributed by atoms with E-state index in [0.29, 0.717) is 30.6 Å². The van der Waals surface area contributed by atoms with E-state index in [1.54, 1.807) is 18.2 Å². The summed E-state index contributed by atoms with van der Waals surface area (Å²) in [4.78, 5) is 10.5. The summed E-state index contributed by atoms with van der Waals surface area (Å²) in [7, 11) is 0. The summed E-state index contributed by atoms with van der Waals surface area (Å²) >= 11 is 0. The molecule has 0 aromatic heterocycles. The Morgan fingerprint density at radius 3 is 2.81 bits per heavy atom. The lowest BCUT2D eigenvalue weighted by atomic mass is 10.2. The first kappa shape index (κ1) is 11.9. The van der Waals surface area contributed by atoms with Gasteiger partial charge >= 0.3 is 0 Å². The largest absolute Gasteiger partial charge is 0.398 e. The Morgan fingerprint density at radius 1 is 1.50 bits per heavy atom. The van der Waals surface area contributed by atoms with Crippen LogP contribution in [0.1, 0.15) is 18.4 Å². The number of carbonyl (C=O) groups is 1. The number of primary amides is 1. The van der Waals surface area contributed by atoms with Gasteiger partial charge in [0.05, 0.1) is 11.3 Å². The monoisotopic (exact) mass is 218 g/mol. The van der Waals surface area contributed by atoms with Gasteiger partial charge < -0.3 is 16.8 Å². The summed E-state index contributed by atoms with van der Waals surface area (Å²) in [5, 5.41) is 11.8. The number of nitrogens with one attached hydrogen (secondary N) is 1. The number of nitrogens with two attached hydrogens (primary N) is 2.